The molecule has 0 spiro atoms. The van der Waals surface area contributed by atoms with Crippen LogP contribution >= 0.6 is 0 Å². The van der Waals surface area contributed by atoms with Crippen LogP contribution in [-0.2, 0) is 0 Å². The van der Waals surface area contributed by atoms with E-state index in [2.05, 4.69) is 0 Å². The van der Waals surface area contributed by atoms with Crippen molar-refractivity contribution in [3.05, 3.63) is 0 Å². The van der Waals surface area contributed by atoms with E-state index in [0.717, 1.165) is 0 Å². The fourth-order valence-electron chi connectivity index (χ4n) is 0. The Hall–Kier alpha value is -0.625. The molecule has 0 aliphatic rings. The maximum atomic E-state index is 10.4. The van der Waals surface area contributed by atoms with Crippen LogP contribution < -0.4 is 6.15 Å². The van der Waals surface area contributed by atoms with E-state index in [4.69, 9.17) is 5.26 Å². The molecule has 0 fully saturated rings. The van der Waals surface area contributed by atoms with Gasteiger partial charge in [-0.15, -0.1) is 0 Å². The number of nitrogens with zero attached hydrogens (tertiary/aromatic N) is 1. The average Bonchev–Trinajstić information content (AvgIpc) is 1.38. The lowest BCUT2D eigenvalue weighted by Gasteiger charge is -1.58. The molecule has 0 bridgehead atoms. The zero-order valence-corrected chi connectivity index (χ0v) is 2.99. The van der Waals surface area contributed by atoms with Crippen molar-refractivity contribution < 1.29 is 8.63 Å². The molecule has 34 valence electrons. The van der Waals surface area contributed by atoms with Gasteiger partial charge in [-0.2, -0.15) is 0 Å². The quantitative estimate of drug-likeness (QED) is 0.445. The summed E-state index contributed by atoms with van der Waals surface area (Å²) >= 11 is 0. The second kappa shape index (κ2) is 4.37. The highest BCUT2D eigenvalue weighted by atomic mass is 19.2. The van der Waals surface area contributed by atoms with Crippen molar-refractivity contribution in [3.63, 3.8) is 0 Å². The Balaban J connectivity index is 0. The summed E-state index contributed by atoms with van der Waals surface area (Å²) in [7, 11) is -2.81. The lowest BCUT2D eigenvalue weighted by atomic mass is 10.1. The van der Waals surface area contributed by atoms with E-state index in [1.807, 2.05) is 0 Å². The molecule has 3 N–H and O–H groups in total. The maximum absolute atomic E-state index is 10.4. The molecule has 0 aromatic rings. The SMILES string of the molecule is N.N#CB(F)F. The summed E-state index contributed by atoms with van der Waals surface area (Å²) in [6.07, 6.45) is 0. The minimum absolute atomic E-state index is 0. The van der Waals surface area contributed by atoms with Crippen LogP contribution in [0, 0.1) is 11.2 Å². The van der Waals surface area contributed by atoms with E-state index >= 15 is 0 Å². The topological polar surface area (TPSA) is 58.8 Å². The van der Waals surface area contributed by atoms with Gasteiger partial charge in [-0.25, -0.2) is 5.26 Å². The second-order valence-corrected chi connectivity index (χ2v) is 0.430. The Labute approximate surface area is 34.5 Å². The molecule has 0 unspecified atom stereocenters. The first kappa shape index (κ1) is 9.03. The molecule has 6 heavy (non-hydrogen) atoms. The van der Waals surface area contributed by atoms with Crippen LogP contribution in [-0.4, -0.2) is 7.27 Å². The third-order valence-electron chi connectivity index (χ3n) is 0.0976. The second-order valence-electron chi connectivity index (χ2n) is 0.430. The standard InChI is InChI=1S/CBF2N.H3N/c3-2(4)1-5;/h;1H3. The minimum atomic E-state index is -2.81. The molecule has 0 saturated carbocycles. The molecule has 0 amide bonds. The van der Waals surface area contributed by atoms with Gasteiger partial charge in [-0.3, -0.25) is 8.63 Å². The molecule has 0 aromatic carbocycles. The smallest absolute Gasteiger partial charge is 0.344 e. The summed E-state index contributed by atoms with van der Waals surface area (Å²) in [6, 6.07) is 0. The molecular formula is CH3BF2N2. The highest BCUT2D eigenvalue weighted by molar-refractivity contribution is 6.52. The van der Waals surface area contributed by atoms with Gasteiger partial charge >= 0.3 is 7.27 Å². The highest BCUT2D eigenvalue weighted by Crippen LogP contribution is 1.76. The van der Waals surface area contributed by atoms with E-state index in [0.29, 0.717) is 5.97 Å². The van der Waals surface area contributed by atoms with E-state index in [1.54, 1.807) is 0 Å². The number of halogens is 2. The van der Waals surface area contributed by atoms with Crippen LogP contribution in [0.5, 0.6) is 0 Å². The Morgan fingerprint density at radius 2 is 1.67 bits per heavy atom. The van der Waals surface area contributed by atoms with Gasteiger partial charge in [0.05, 0.1) is 5.97 Å². The van der Waals surface area contributed by atoms with E-state index in [9.17, 15) is 8.63 Å². The van der Waals surface area contributed by atoms with Gasteiger partial charge in [-0.05, 0) is 0 Å². The van der Waals surface area contributed by atoms with Gasteiger partial charge < -0.3 is 6.15 Å². The van der Waals surface area contributed by atoms with Crippen LogP contribution in [0.4, 0.5) is 8.63 Å². The van der Waals surface area contributed by atoms with E-state index in [-0.39, 0.29) is 6.15 Å². The molecule has 0 rings (SSSR count). The lowest BCUT2D eigenvalue weighted by Crippen LogP contribution is -1.85. The van der Waals surface area contributed by atoms with Crippen molar-refractivity contribution in [1.29, 1.82) is 5.26 Å². The maximum Gasteiger partial charge on any atom is 0.655 e. The fourth-order valence-corrected chi connectivity index (χ4v) is 0. The van der Waals surface area contributed by atoms with Gasteiger partial charge in [0.15, 0.2) is 0 Å². The first-order valence-corrected chi connectivity index (χ1v) is 0.949. The average molecular weight is 91.9 g/mol. The van der Waals surface area contributed by atoms with Crippen molar-refractivity contribution in [2.24, 2.45) is 0 Å². The predicted octanol–water partition coefficient (Wildman–Crippen LogP) is 0.638. The number of nitriles is 1. The minimum Gasteiger partial charge on any atom is -0.344 e. The normalized spacial score (nSPS) is 4.83. The molecule has 0 saturated heterocycles. The van der Waals surface area contributed by atoms with Crippen LogP contribution in [0.1, 0.15) is 0 Å². The molecular weight excluding hydrogens is 88.8 g/mol. The largest absolute Gasteiger partial charge is 0.655 e. The molecule has 0 heterocycles. The molecule has 2 nitrogen and oxygen atoms in total. The summed E-state index contributed by atoms with van der Waals surface area (Å²) in [6.45, 7) is 0. The molecule has 0 aromatic heterocycles. The first-order valence-electron chi connectivity index (χ1n) is 0.949. The summed E-state index contributed by atoms with van der Waals surface area (Å²) in [5.74, 6) is 0.694. The van der Waals surface area contributed by atoms with Crippen molar-refractivity contribution in [2.45, 2.75) is 0 Å². The van der Waals surface area contributed by atoms with E-state index in [1.165, 1.54) is 0 Å². The third-order valence-corrected chi connectivity index (χ3v) is 0.0976. The zero-order valence-electron chi connectivity index (χ0n) is 2.99. The van der Waals surface area contributed by atoms with Crippen molar-refractivity contribution in [3.8, 4) is 5.97 Å². The van der Waals surface area contributed by atoms with Crippen molar-refractivity contribution >= 4 is 7.27 Å². The highest BCUT2D eigenvalue weighted by Gasteiger charge is 2.06. The van der Waals surface area contributed by atoms with Crippen molar-refractivity contribution in [2.75, 3.05) is 0 Å². The molecule has 0 atom stereocenters. The Morgan fingerprint density at radius 3 is 1.67 bits per heavy atom. The van der Waals surface area contributed by atoms with Gasteiger partial charge in [0.25, 0.3) is 0 Å². The Bertz CT molecular complexity index is 57.1. The Morgan fingerprint density at radius 1 is 1.50 bits per heavy atom. The molecule has 0 aliphatic heterocycles. The van der Waals surface area contributed by atoms with Gasteiger partial charge in [0, 0.05) is 0 Å². The predicted molar refractivity (Wildman–Crippen MR) is 18.6 cm³/mol. The van der Waals surface area contributed by atoms with Crippen LogP contribution in [0.15, 0.2) is 0 Å². The zero-order chi connectivity index (χ0) is 4.28. The molecule has 0 radical (unpaired) electrons. The number of hydrogen-bond donors (Lipinski definition) is 1. The molecule has 5 heteroatoms. The Kier molecular flexibility index (Phi) is 6.59. The number of hydrogen-bond acceptors (Lipinski definition) is 2. The van der Waals surface area contributed by atoms with E-state index < -0.39 is 7.27 Å². The summed E-state index contributed by atoms with van der Waals surface area (Å²) in [4.78, 5) is 0. The monoisotopic (exact) mass is 92.0 g/mol. The van der Waals surface area contributed by atoms with Crippen LogP contribution in [0.3, 0.4) is 0 Å². The van der Waals surface area contributed by atoms with Gasteiger partial charge in [0.1, 0.15) is 0 Å². The van der Waals surface area contributed by atoms with Gasteiger partial charge in [-0.1, -0.05) is 0 Å². The summed E-state index contributed by atoms with van der Waals surface area (Å²) in [5, 5.41) is 7.14. The van der Waals surface area contributed by atoms with Gasteiger partial charge in [0.2, 0.25) is 0 Å². The van der Waals surface area contributed by atoms with Crippen LogP contribution in [0.25, 0.3) is 0 Å². The molecule has 0 aliphatic carbocycles. The van der Waals surface area contributed by atoms with Crippen molar-refractivity contribution in [1.82, 2.24) is 6.15 Å². The lowest BCUT2D eigenvalue weighted by molar-refractivity contribution is 0.686. The first-order chi connectivity index (χ1) is 2.27. The fraction of sp³-hybridized carbons (Fsp3) is 0. The summed E-state index contributed by atoms with van der Waals surface area (Å²) in [5.41, 5.74) is 0. The third kappa shape index (κ3) is 10.1. The summed E-state index contributed by atoms with van der Waals surface area (Å²) < 4.78 is 20.8. The van der Waals surface area contributed by atoms with Crippen LogP contribution in [0.2, 0.25) is 0 Å². The number of rotatable bonds is 0.